The standard InChI is InChI=1S/C18H32O3/c1-6-18(5,21-7-2)13-9-12-15(3)10-8-11-16(4)14-17(19)20/h8,11,14-15H,6-7,9-10,12-13H2,1-5H3,(H,19,20). The lowest BCUT2D eigenvalue weighted by Gasteiger charge is -2.28. The Kier molecular flexibility index (Phi) is 10.1. The Hall–Kier alpha value is -1.09. The summed E-state index contributed by atoms with van der Waals surface area (Å²) in [5.41, 5.74) is 0.801. The molecule has 0 aliphatic heterocycles. The van der Waals surface area contributed by atoms with Crippen molar-refractivity contribution >= 4 is 5.97 Å². The molecule has 0 aromatic carbocycles. The van der Waals surface area contributed by atoms with Crippen LogP contribution in [0.1, 0.15) is 66.7 Å². The SMILES string of the molecule is CCOC(C)(CC)CCCC(C)CC=CC(C)=CC(=O)O. The van der Waals surface area contributed by atoms with E-state index in [1.807, 2.05) is 19.9 Å². The van der Waals surface area contributed by atoms with Crippen LogP contribution in [0.5, 0.6) is 0 Å². The van der Waals surface area contributed by atoms with Crippen LogP contribution in [-0.4, -0.2) is 23.3 Å². The molecular formula is C18H32O3. The molecule has 0 radical (unpaired) electrons. The zero-order valence-electron chi connectivity index (χ0n) is 14.3. The van der Waals surface area contributed by atoms with Gasteiger partial charge in [0.05, 0.1) is 5.60 Å². The van der Waals surface area contributed by atoms with Crippen LogP contribution in [0.3, 0.4) is 0 Å². The molecule has 0 aliphatic rings. The lowest BCUT2D eigenvalue weighted by molar-refractivity contribution is -0.131. The normalized spacial score (nSPS) is 16.9. The minimum Gasteiger partial charge on any atom is -0.478 e. The van der Waals surface area contributed by atoms with E-state index in [9.17, 15) is 4.79 Å². The van der Waals surface area contributed by atoms with Gasteiger partial charge < -0.3 is 9.84 Å². The summed E-state index contributed by atoms with van der Waals surface area (Å²) in [7, 11) is 0. The number of carboxylic acids is 1. The summed E-state index contributed by atoms with van der Waals surface area (Å²) >= 11 is 0. The van der Waals surface area contributed by atoms with Crippen LogP contribution < -0.4 is 0 Å². The first kappa shape index (κ1) is 19.9. The van der Waals surface area contributed by atoms with E-state index in [-0.39, 0.29) is 5.60 Å². The fourth-order valence-electron chi connectivity index (χ4n) is 2.37. The molecule has 0 saturated carbocycles. The largest absolute Gasteiger partial charge is 0.478 e. The van der Waals surface area contributed by atoms with Crippen molar-refractivity contribution in [2.45, 2.75) is 72.3 Å². The number of rotatable bonds is 11. The van der Waals surface area contributed by atoms with E-state index < -0.39 is 5.97 Å². The van der Waals surface area contributed by atoms with E-state index >= 15 is 0 Å². The van der Waals surface area contributed by atoms with E-state index in [0.717, 1.165) is 31.4 Å². The van der Waals surface area contributed by atoms with Crippen LogP contribution in [0.4, 0.5) is 0 Å². The molecule has 0 fully saturated rings. The molecule has 0 amide bonds. The van der Waals surface area contributed by atoms with Crippen molar-refractivity contribution in [2.24, 2.45) is 5.92 Å². The summed E-state index contributed by atoms with van der Waals surface area (Å²) in [6, 6.07) is 0. The number of ether oxygens (including phenoxy) is 1. The average Bonchev–Trinajstić information content (AvgIpc) is 2.38. The summed E-state index contributed by atoms with van der Waals surface area (Å²) in [6.07, 6.45) is 10.7. The molecule has 3 nitrogen and oxygen atoms in total. The van der Waals surface area contributed by atoms with Gasteiger partial charge in [0.25, 0.3) is 0 Å². The van der Waals surface area contributed by atoms with Crippen LogP contribution in [0.2, 0.25) is 0 Å². The number of carboxylic acid groups (broad SMARTS) is 1. The molecule has 0 aromatic rings. The zero-order valence-corrected chi connectivity index (χ0v) is 14.3. The van der Waals surface area contributed by atoms with Crippen LogP contribution in [0, 0.1) is 5.92 Å². The van der Waals surface area contributed by atoms with Gasteiger partial charge in [-0.2, -0.15) is 0 Å². The van der Waals surface area contributed by atoms with Gasteiger partial charge in [-0.05, 0) is 51.5 Å². The minimum atomic E-state index is -0.889. The third-order valence-corrected chi connectivity index (χ3v) is 3.91. The van der Waals surface area contributed by atoms with E-state index in [1.54, 1.807) is 0 Å². The Morgan fingerprint density at radius 3 is 2.57 bits per heavy atom. The van der Waals surface area contributed by atoms with Crippen LogP contribution in [0.15, 0.2) is 23.8 Å². The fourth-order valence-corrected chi connectivity index (χ4v) is 2.37. The van der Waals surface area contributed by atoms with Gasteiger partial charge in [0.15, 0.2) is 0 Å². The molecule has 0 spiro atoms. The Bertz CT molecular complexity index is 357. The number of allylic oxidation sites excluding steroid dienone is 3. The molecular weight excluding hydrogens is 264 g/mol. The number of carbonyl (C=O) groups is 1. The third-order valence-electron chi connectivity index (χ3n) is 3.91. The monoisotopic (exact) mass is 296 g/mol. The molecule has 0 saturated heterocycles. The van der Waals surface area contributed by atoms with Crippen LogP contribution in [-0.2, 0) is 9.53 Å². The highest BCUT2D eigenvalue weighted by molar-refractivity contribution is 5.81. The Labute approximate surface area is 130 Å². The second-order valence-electron chi connectivity index (χ2n) is 6.10. The predicted molar refractivity (Wildman–Crippen MR) is 88.5 cm³/mol. The molecule has 0 bridgehead atoms. The quantitative estimate of drug-likeness (QED) is 0.432. The molecule has 21 heavy (non-hydrogen) atoms. The second-order valence-corrected chi connectivity index (χ2v) is 6.10. The highest BCUT2D eigenvalue weighted by atomic mass is 16.5. The lowest BCUT2D eigenvalue weighted by Crippen LogP contribution is -2.27. The smallest absolute Gasteiger partial charge is 0.328 e. The predicted octanol–water partition coefficient (Wildman–Crippen LogP) is 4.98. The number of aliphatic carboxylic acids is 1. The summed E-state index contributed by atoms with van der Waals surface area (Å²) in [5.74, 6) is -0.276. The van der Waals surface area contributed by atoms with Crippen molar-refractivity contribution < 1.29 is 14.6 Å². The van der Waals surface area contributed by atoms with Gasteiger partial charge in [0.1, 0.15) is 0 Å². The highest BCUT2D eigenvalue weighted by Gasteiger charge is 2.21. The Morgan fingerprint density at radius 2 is 2.05 bits per heavy atom. The maximum atomic E-state index is 10.5. The van der Waals surface area contributed by atoms with E-state index in [2.05, 4.69) is 26.8 Å². The second kappa shape index (κ2) is 10.6. The van der Waals surface area contributed by atoms with Crippen molar-refractivity contribution in [3.8, 4) is 0 Å². The lowest BCUT2D eigenvalue weighted by atomic mass is 9.92. The van der Waals surface area contributed by atoms with Crippen molar-refractivity contribution in [3.63, 3.8) is 0 Å². The number of hydrogen-bond donors (Lipinski definition) is 1. The maximum absolute atomic E-state index is 10.5. The summed E-state index contributed by atoms with van der Waals surface area (Å²) in [5, 5.41) is 8.63. The summed E-state index contributed by atoms with van der Waals surface area (Å²) < 4.78 is 5.83. The first-order chi connectivity index (χ1) is 9.83. The fraction of sp³-hybridized carbons (Fsp3) is 0.722. The van der Waals surface area contributed by atoms with Crippen LogP contribution >= 0.6 is 0 Å². The summed E-state index contributed by atoms with van der Waals surface area (Å²) in [4.78, 5) is 10.5. The molecule has 2 atom stereocenters. The third kappa shape index (κ3) is 10.3. The molecule has 0 rings (SSSR count). The maximum Gasteiger partial charge on any atom is 0.328 e. The van der Waals surface area contributed by atoms with Crippen molar-refractivity contribution in [3.05, 3.63) is 23.8 Å². The average molecular weight is 296 g/mol. The Morgan fingerprint density at radius 1 is 1.38 bits per heavy atom. The summed E-state index contributed by atoms with van der Waals surface area (Å²) in [6.45, 7) is 11.3. The molecule has 0 aromatic heterocycles. The first-order valence-electron chi connectivity index (χ1n) is 8.04. The van der Waals surface area contributed by atoms with Crippen LogP contribution in [0.25, 0.3) is 0 Å². The molecule has 3 heteroatoms. The van der Waals surface area contributed by atoms with Gasteiger partial charge in [0.2, 0.25) is 0 Å². The van der Waals surface area contributed by atoms with E-state index in [4.69, 9.17) is 9.84 Å². The molecule has 0 heterocycles. The van der Waals surface area contributed by atoms with E-state index in [1.165, 1.54) is 18.9 Å². The first-order valence-corrected chi connectivity index (χ1v) is 8.04. The minimum absolute atomic E-state index is 0.0190. The highest BCUT2D eigenvalue weighted by Crippen LogP contribution is 2.24. The van der Waals surface area contributed by atoms with E-state index in [0.29, 0.717) is 5.92 Å². The molecule has 122 valence electrons. The molecule has 1 N–H and O–H groups in total. The molecule has 2 unspecified atom stereocenters. The van der Waals surface area contributed by atoms with Gasteiger partial charge >= 0.3 is 5.97 Å². The zero-order chi connectivity index (χ0) is 16.3. The van der Waals surface area contributed by atoms with Gasteiger partial charge in [0, 0.05) is 12.7 Å². The number of hydrogen-bond acceptors (Lipinski definition) is 2. The Balaban J connectivity index is 4.03. The van der Waals surface area contributed by atoms with Gasteiger partial charge in [-0.1, -0.05) is 38.8 Å². The van der Waals surface area contributed by atoms with Crippen molar-refractivity contribution in [2.75, 3.05) is 6.61 Å². The molecule has 0 aliphatic carbocycles. The van der Waals surface area contributed by atoms with Crippen molar-refractivity contribution in [1.29, 1.82) is 0 Å². The van der Waals surface area contributed by atoms with Gasteiger partial charge in [-0.15, -0.1) is 0 Å². The van der Waals surface area contributed by atoms with Crippen molar-refractivity contribution in [1.82, 2.24) is 0 Å². The van der Waals surface area contributed by atoms with Gasteiger partial charge in [-0.3, -0.25) is 0 Å². The topological polar surface area (TPSA) is 46.5 Å². The van der Waals surface area contributed by atoms with Gasteiger partial charge in [-0.25, -0.2) is 4.79 Å².